The van der Waals surface area contributed by atoms with Crippen molar-refractivity contribution in [3.8, 4) is 0 Å². The van der Waals surface area contributed by atoms with E-state index in [1.807, 2.05) is 0 Å². The number of hydrogen-bond acceptors (Lipinski definition) is 4. The van der Waals surface area contributed by atoms with Gasteiger partial charge in [-0.25, -0.2) is 8.78 Å². The van der Waals surface area contributed by atoms with Crippen LogP contribution >= 0.6 is 23.2 Å². The van der Waals surface area contributed by atoms with Crippen molar-refractivity contribution in [1.82, 2.24) is 9.88 Å². The number of pyridine rings is 1. The van der Waals surface area contributed by atoms with Crippen molar-refractivity contribution in [2.75, 3.05) is 5.32 Å². The maximum atomic E-state index is 13.7. The van der Waals surface area contributed by atoms with Crippen LogP contribution in [0.2, 0.25) is 10.0 Å². The van der Waals surface area contributed by atoms with Gasteiger partial charge in [-0.15, -0.1) is 0 Å². The molecule has 5 nitrogen and oxygen atoms in total. The average Bonchev–Trinajstić information content (AvgIpc) is 2.96. The topological polar surface area (TPSA) is 62.3 Å². The van der Waals surface area contributed by atoms with Gasteiger partial charge in [0.1, 0.15) is 5.70 Å². The molecule has 0 aliphatic carbocycles. The summed E-state index contributed by atoms with van der Waals surface area (Å²) in [6.45, 7) is -0.00213. The van der Waals surface area contributed by atoms with Gasteiger partial charge in [0.2, 0.25) is 0 Å². The fourth-order valence-corrected chi connectivity index (χ4v) is 3.67. The van der Waals surface area contributed by atoms with Crippen LogP contribution < -0.4 is 5.32 Å². The molecule has 2 aromatic carbocycles. The van der Waals surface area contributed by atoms with Crippen LogP contribution in [0.3, 0.4) is 0 Å². The van der Waals surface area contributed by atoms with Crippen LogP contribution in [0.5, 0.6) is 0 Å². The smallest absolute Gasteiger partial charge is 0.278 e. The third-order valence-corrected chi connectivity index (χ3v) is 5.20. The second-order valence-corrected chi connectivity index (χ2v) is 7.52. The predicted octanol–water partition coefficient (Wildman–Crippen LogP) is 5.06. The van der Waals surface area contributed by atoms with Crippen LogP contribution in [0.4, 0.5) is 14.5 Å². The monoisotopic (exact) mass is 459 g/mol. The van der Waals surface area contributed by atoms with Crippen molar-refractivity contribution in [3.63, 3.8) is 0 Å². The molecular weight excluding hydrogens is 447 g/mol. The maximum Gasteiger partial charge on any atom is 0.278 e. The minimum absolute atomic E-state index is 0.00213. The van der Waals surface area contributed by atoms with Gasteiger partial charge in [-0.05, 0) is 42.0 Å². The maximum absolute atomic E-state index is 13.7. The number of rotatable bonds is 5. The van der Waals surface area contributed by atoms with Crippen LogP contribution in [0.25, 0.3) is 5.57 Å². The molecule has 0 unspecified atom stereocenters. The number of hydrogen-bond donors (Lipinski definition) is 1. The minimum atomic E-state index is -1.10. The Kier molecular flexibility index (Phi) is 5.71. The molecule has 156 valence electrons. The third-order valence-electron chi connectivity index (χ3n) is 4.65. The summed E-state index contributed by atoms with van der Waals surface area (Å²) in [6, 6.07) is 10.9. The van der Waals surface area contributed by atoms with E-state index in [1.165, 1.54) is 24.3 Å². The van der Waals surface area contributed by atoms with Gasteiger partial charge < -0.3 is 5.32 Å². The summed E-state index contributed by atoms with van der Waals surface area (Å²) in [5, 5.41) is 3.27. The molecule has 31 heavy (non-hydrogen) atoms. The molecule has 4 rings (SSSR count). The Labute approximate surface area is 185 Å². The second-order valence-electron chi connectivity index (χ2n) is 6.68. The summed E-state index contributed by atoms with van der Waals surface area (Å²) in [5.74, 6) is -3.35. The summed E-state index contributed by atoms with van der Waals surface area (Å²) in [7, 11) is 0. The van der Waals surface area contributed by atoms with E-state index in [0.29, 0.717) is 10.6 Å². The summed E-state index contributed by atoms with van der Waals surface area (Å²) < 4.78 is 27.0. The average molecular weight is 460 g/mol. The normalized spacial score (nSPS) is 13.9. The molecule has 9 heteroatoms. The van der Waals surface area contributed by atoms with E-state index in [1.54, 1.807) is 24.5 Å². The highest BCUT2D eigenvalue weighted by molar-refractivity contribution is 6.41. The van der Waals surface area contributed by atoms with Crippen LogP contribution in [0.15, 0.2) is 66.6 Å². The van der Waals surface area contributed by atoms with Gasteiger partial charge in [0.15, 0.2) is 11.6 Å². The lowest BCUT2D eigenvalue weighted by Crippen LogP contribution is -2.32. The molecule has 1 aliphatic heterocycles. The number of carbonyl (C=O) groups excluding carboxylic acids is 2. The lowest BCUT2D eigenvalue weighted by atomic mass is 10.0. The lowest BCUT2D eigenvalue weighted by molar-refractivity contribution is -0.137. The van der Waals surface area contributed by atoms with Gasteiger partial charge in [0, 0.05) is 34.7 Å². The SMILES string of the molecule is O=C1C(Nc2ccc(F)c(F)c2)=C(c2ccc(Cl)cc2Cl)C(=O)N1Cc1ccncc1. The molecule has 2 heterocycles. The number of aromatic nitrogens is 1. The Morgan fingerprint density at radius 1 is 0.903 bits per heavy atom. The van der Waals surface area contributed by atoms with Crippen molar-refractivity contribution in [2.24, 2.45) is 0 Å². The van der Waals surface area contributed by atoms with Crippen molar-refractivity contribution in [3.05, 3.63) is 99.4 Å². The highest BCUT2D eigenvalue weighted by atomic mass is 35.5. The predicted molar refractivity (Wildman–Crippen MR) is 113 cm³/mol. The first-order chi connectivity index (χ1) is 14.8. The molecular formula is C22H13Cl2F2N3O2. The summed E-state index contributed by atoms with van der Waals surface area (Å²) in [6.07, 6.45) is 3.09. The molecule has 1 N–H and O–H groups in total. The molecule has 0 spiro atoms. The number of carbonyl (C=O) groups is 2. The van der Waals surface area contributed by atoms with Gasteiger partial charge in [0.25, 0.3) is 11.8 Å². The van der Waals surface area contributed by atoms with E-state index < -0.39 is 23.4 Å². The molecule has 0 saturated carbocycles. The molecule has 0 radical (unpaired) electrons. The van der Waals surface area contributed by atoms with Crippen LogP contribution in [0.1, 0.15) is 11.1 Å². The van der Waals surface area contributed by atoms with E-state index in [-0.39, 0.29) is 34.1 Å². The zero-order chi connectivity index (χ0) is 22.1. The molecule has 0 atom stereocenters. The van der Waals surface area contributed by atoms with E-state index >= 15 is 0 Å². The van der Waals surface area contributed by atoms with Crippen LogP contribution in [-0.2, 0) is 16.1 Å². The first kappa shape index (κ1) is 21.0. The number of benzene rings is 2. The Bertz CT molecular complexity index is 1230. The van der Waals surface area contributed by atoms with E-state index in [0.717, 1.165) is 17.0 Å². The number of halogens is 4. The summed E-state index contributed by atoms with van der Waals surface area (Å²) in [4.78, 5) is 31.4. The van der Waals surface area contributed by atoms with Crippen molar-refractivity contribution in [1.29, 1.82) is 0 Å². The molecule has 1 aliphatic rings. The second kappa shape index (κ2) is 8.45. The third kappa shape index (κ3) is 4.15. The number of nitrogens with one attached hydrogen (secondary N) is 1. The first-order valence-corrected chi connectivity index (χ1v) is 9.77. The van der Waals surface area contributed by atoms with Gasteiger partial charge in [-0.2, -0.15) is 0 Å². The number of amides is 2. The molecule has 3 aromatic rings. The fourth-order valence-electron chi connectivity index (χ4n) is 3.17. The van der Waals surface area contributed by atoms with Gasteiger partial charge in [-0.3, -0.25) is 19.5 Å². The summed E-state index contributed by atoms with van der Waals surface area (Å²) >= 11 is 12.3. The Morgan fingerprint density at radius 3 is 2.32 bits per heavy atom. The van der Waals surface area contributed by atoms with Crippen molar-refractivity contribution in [2.45, 2.75) is 6.54 Å². The van der Waals surface area contributed by atoms with Gasteiger partial charge in [0.05, 0.1) is 17.1 Å². The molecule has 0 saturated heterocycles. The van der Waals surface area contributed by atoms with Gasteiger partial charge in [-0.1, -0.05) is 29.3 Å². The van der Waals surface area contributed by atoms with Gasteiger partial charge >= 0.3 is 0 Å². The highest BCUT2D eigenvalue weighted by Crippen LogP contribution is 2.36. The van der Waals surface area contributed by atoms with Crippen molar-refractivity contribution >= 4 is 46.3 Å². The highest BCUT2D eigenvalue weighted by Gasteiger charge is 2.40. The zero-order valence-corrected chi connectivity index (χ0v) is 17.2. The molecule has 1 aromatic heterocycles. The van der Waals surface area contributed by atoms with E-state index in [2.05, 4.69) is 10.3 Å². The fraction of sp³-hybridized carbons (Fsp3) is 0.0455. The van der Waals surface area contributed by atoms with Crippen molar-refractivity contribution < 1.29 is 18.4 Å². The largest absolute Gasteiger partial charge is 0.350 e. The number of nitrogens with zero attached hydrogens (tertiary/aromatic N) is 2. The van der Waals surface area contributed by atoms with E-state index in [9.17, 15) is 18.4 Å². The number of imide groups is 1. The first-order valence-electron chi connectivity index (χ1n) is 9.02. The Balaban J connectivity index is 1.79. The molecule has 0 bridgehead atoms. The van der Waals surface area contributed by atoms with Crippen LogP contribution in [-0.4, -0.2) is 21.7 Å². The van der Waals surface area contributed by atoms with E-state index in [4.69, 9.17) is 23.2 Å². The lowest BCUT2D eigenvalue weighted by Gasteiger charge is -2.15. The minimum Gasteiger partial charge on any atom is -0.350 e. The quantitative estimate of drug-likeness (QED) is 0.541. The Morgan fingerprint density at radius 2 is 1.65 bits per heavy atom. The zero-order valence-electron chi connectivity index (χ0n) is 15.7. The number of anilines is 1. The van der Waals surface area contributed by atoms with Crippen LogP contribution in [0, 0.1) is 11.6 Å². The molecule has 2 amide bonds. The summed E-state index contributed by atoms with van der Waals surface area (Å²) in [5.41, 5.74) is 0.974. The Hall–Kier alpha value is -3.29. The molecule has 0 fully saturated rings. The standard InChI is InChI=1S/C22H13Cl2F2N3O2/c23-13-1-3-15(16(24)9-13)19-20(28-14-2-4-17(25)18(26)10-14)22(31)29(21(19)30)11-12-5-7-27-8-6-12/h1-10,28H,11H2.